The van der Waals surface area contributed by atoms with E-state index in [4.69, 9.17) is 10.7 Å². The Bertz CT molecular complexity index is 728. The van der Waals surface area contributed by atoms with Gasteiger partial charge in [0.1, 0.15) is 5.82 Å². The second-order valence-corrected chi connectivity index (χ2v) is 4.89. The molecule has 2 aromatic heterocycles. The minimum atomic E-state index is 0.323. The number of aromatic nitrogens is 3. The summed E-state index contributed by atoms with van der Waals surface area (Å²) >= 11 is 0. The Balaban J connectivity index is 2.31. The number of nitrogen functional groups attached to an aromatic ring is 1. The van der Waals surface area contributed by atoms with Crippen LogP contribution in [-0.4, -0.2) is 14.5 Å². The van der Waals surface area contributed by atoms with Gasteiger partial charge in [-0.1, -0.05) is 12.1 Å². The number of nitrogens with zero attached hydrogens (tertiary/aromatic N) is 3. The van der Waals surface area contributed by atoms with E-state index in [2.05, 4.69) is 29.5 Å². The molecule has 4 nitrogen and oxygen atoms in total. The first-order valence-corrected chi connectivity index (χ1v) is 6.34. The summed E-state index contributed by atoms with van der Waals surface area (Å²) in [6.07, 6.45) is 3.45. The van der Waals surface area contributed by atoms with E-state index < -0.39 is 0 Å². The SMILES string of the molecule is CC(C)n1c(-c2cncc(N)c2)nc2ccccc21. The van der Waals surface area contributed by atoms with Crippen molar-refractivity contribution in [2.24, 2.45) is 0 Å². The third-order valence-electron chi connectivity index (χ3n) is 3.13. The van der Waals surface area contributed by atoms with Crippen LogP contribution in [0.3, 0.4) is 0 Å². The molecule has 0 fully saturated rings. The zero-order chi connectivity index (χ0) is 13.4. The summed E-state index contributed by atoms with van der Waals surface area (Å²) in [5, 5.41) is 0. The molecule has 0 unspecified atom stereocenters. The molecule has 0 atom stereocenters. The number of pyridine rings is 1. The number of rotatable bonds is 2. The predicted molar refractivity (Wildman–Crippen MR) is 77.8 cm³/mol. The van der Waals surface area contributed by atoms with Crippen LogP contribution in [0.15, 0.2) is 42.7 Å². The highest BCUT2D eigenvalue weighted by molar-refractivity contribution is 5.81. The lowest BCUT2D eigenvalue weighted by atomic mass is 10.2. The molecule has 96 valence electrons. The van der Waals surface area contributed by atoms with Gasteiger partial charge in [0, 0.05) is 24.0 Å². The molecule has 0 aliphatic heterocycles. The van der Waals surface area contributed by atoms with Crippen LogP contribution in [0.1, 0.15) is 19.9 Å². The second-order valence-electron chi connectivity index (χ2n) is 4.89. The van der Waals surface area contributed by atoms with Gasteiger partial charge in [-0.15, -0.1) is 0 Å². The number of imidazole rings is 1. The number of para-hydroxylation sites is 2. The van der Waals surface area contributed by atoms with Crippen molar-refractivity contribution in [3.05, 3.63) is 42.7 Å². The fraction of sp³-hybridized carbons (Fsp3) is 0.200. The zero-order valence-corrected chi connectivity index (χ0v) is 11.0. The van der Waals surface area contributed by atoms with Crippen LogP contribution in [0, 0.1) is 0 Å². The maximum atomic E-state index is 5.82. The topological polar surface area (TPSA) is 56.7 Å². The molecule has 0 amide bonds. The average molecular weight is 252 g/mol. The summed E-state index contributed by atoms with van der Waals surface area (Å²) in [7, 11) is 0. The fourth-order valence-corrected chi connectivity index (χ4v) is 2.35. The molecular weight excluding hydrogens is 236 g/mol. The van der Waals surface area contributed by atoms with E-state index in [0.717, 1.165) is 22.4 Å². The van der Waals surface area contributed by atoms with Crippen LogP contribution < -0.4 is 5.73 Å². The summed E-state index contributed by atoms with van der Waals surface area (Å²) in [6.45, 7) is 4.30. The van der Waals surface area contributed by atoms with Gasteiger partial charge in [-0.2, -0.15) is 0 Å². The Morgan fingerprint density at radius 2 is 1.95 bits per heavy atom. The first-order valence-electron chi connectivity index (χ1n) is 6.34. The highest BCUT2D eigenvalue weighted by Crippen LogP contribution is 2.28. The van der Waals surface area contributed by atoms with E-state index >= 15 is 0 Å². The van der Waals surface area contributed by atoms with E-state index in [-0.39, 0.29) is 0 Å². The minimum absolute atomic E-state index is 0.323. The highest BCUT2D eigenvalue weighted by Gasteiger charge is 2.14. The van der Waals surface area contributed by atoms with Gasteiger partial charge in [0.15, 0.2) is 0 Å². The number of fused-ring (bicyclic) bond motifs is 1. The van der Waals surface area contributed by atoms with Crippen molar-refractivity contribution >= 4 is 16.7 Å². The number of hydrogen-bond donors (Lipinski definition) is 1. The molecule has 2 heterocycles. The molecule has 19 heavy (non-hydrogen) atoms. The van der Waals surface area contributed by atoms with Crippen LogP contribution >= 0.6 is 0 Å². The van der Waals surface area contributed by atoms with E-state index in [9.17, 15) is 0 Å². The summed E-state index contributed by atoms with van der Waals surface area (Å²) in [6, 6.07) is 10.4. The number of hydrogen-bond acceptors (Lipinski definition) is 3. The van der Waals surface area contributed by atoms with Crippen LogP contribution in [0.25, 0.3) is 22.4 Å². The molecule has 0 spiro atoms. The van der Waals surface area contributed by atoms with Gasteiger partial charge in [0.05, 0.1) is 16.7 Å². The molecule has 0 aliphatic carbocycles. The Morgan fingerprint density at radius 3 is 2.68 bits per heavy atom. The predicted octanol–water partition coefficient (Wildman–Crippen LogP) is 3.26. The van der Waals surface area contributed by atoms with Crippen molar-refractivity contribution in [1.82, 2.24) is 14.5 Å². The molecule has 0 aliphatic rings. The lowest BCUT2D eigenvalue weighted by Crippen LogP contribution is -2.03. The van der Waals surface area contributed by atoms with Crippen molar-refractivity contribution < 1.29 is 0 Å². The quantitative estimate of drug-likeness (QED) is 0.761. The lowest BCUT2D eigenvalue weighted by molar-refractivity contribution is 0.624. The smallest absolute Gasteiger partial charge is 0.143 e. The molecule has 4 heteroatoms. The van der Waals surface area contributed by atoms with Gasteiger partial charge in [0.25, 0.3) is 0 Å². The van der Waals surface area contributed by atoms with Crippen molar-refractivity contribution in [2.75, 3.05) is 5.73 Å². The summed E-state index contributed by atoms with van der Waals surface area (Å²) < 4.78 is 2.21. The fourth-order valence-electron chi connectivity index (χ4n) is 2.35. The normalized spacial score (nSPS) is 11.3. The average Bonchev–Trinajstić information content (AvgIpc) is 2.78. The lowest BCUT2D eigenvalue weighted by Gasteiger charge is -2.13. The molecule has 0 saturated heterocycles. The molecule has 0 bridgehead atoms. The van der Waals surface area contributed by atoms with Crippen LogP contribution in [0.2, 0.25) is 0 Å². The Kier molecular flexibility index (Phi) is 2.71. The molecular formula is C15H16N4. The third kappa shape index (κ3) is 1.95. The standard InChI is InChI=1S/C15H16N4/c1-10(2)19-14-6-4-3-5-13(14)18-15(19)11-7-12(16)9-17-8-11/h3-10H,16H2,1-2H3. The molecule has 0 saturated carbocycles. The summed E-state index contributed by atoms with van der Waals surface area (Å²) in [4.78, 5) is 8.87. The van der Waals surface area contributed by atoms with Crippen LogP contribution in [0.4, 0.5) is 5.69 Å². The summed E-state index contributed by atoms with van der Waals surface area (Å²) in [5.74, 6) is 0.913. The van der Waals surface area contributed by atoms with Gasteiger partial charge >= 0.3 is 0 Å². The third-order valence-corrected chi connectivity index (χ3v) is 3.13. The van der Waals surface area contributed by atoms with Crippen molar-refractivity contribution in [2.45, 2.75) is 19.9 Å². The first-order chi connectivity index (χ1) is 9.16. The summed E-state index contributed by atoms with van der Waals surface area (Å²) in [5.41, 5.74) is 9.55. The molecule has 1 aromatic carbocycles. The van der Waals surface area contributed by atoms with Crippen LogP contribution in [-0.2, 0) is 0 Å². The maximum Gasteiger partial charge on any atom is 0.143 e. The molecule has 3 rings (SSSR count). The number of nitrogens with two attached hydrogens (primary N) is 1. The zero-order valence-electron chi connectivity index (χ0n) is 11.0. The Hall–Kier alpha value is -2.36. The number of benzene rings is 1. The molecule has 3 aromatic rings. The van der Waals surface area contributed by atoms with E-state index in [1.807, 2.05) is 24.3 Å². The van der Waals surface area contributed by atoms with Crippen LogP contribution in [0.5, 0.6) is 0 Å². The second kappa shape index (κ2) is 4.39. The largest absolute Gasteiger partial charge is 0.397 e. The first kappa shape index (κ1) is 11.7. The maximum absolute atomic E-state index is 5.82. The molecule has 0 radical (unpaired) electrons. The Morgan fingerprint density at radius 1 is 1.16 bits per heavy atom. The van der Waals surface area contributed by atoms with Crippen molar-refractivity contribution in [1.29, 1.82) is 0 Å². The van der Waals surface area contributed by atoms with Gasteiger partial charge in [-0.05, 0) is 32.0 Å². The number of anilines is 1. The van der Waals surface area contributed by atoms with Crippen molar-refractivity contribution in [3.8, 4) is 11.4 Å². The highest BCUT2D eigenvalue weighted by atomic mass is 15.1. The van der Waals surface area contributed by atoms with E-state index in [1.165, 1.54) is 0 Å². The Labute approximate surface area is 111 Å². The monoisotopic (exact) mass is 252 g/mol. The van der Waals surface area contributed by atoms with Gasteiger partial charge < -0.3 is 10.3 Å². The minimum Gasteiger partial charge on any atom is -0.397 e. The molecule has 2 N–H and O–H groups in total. The van der Waals surface area contributed by atoms with Crippen molar-refractivity contribution in [3.63, 3.8) is 0 Å². The van der Waals surface area contributed by atoms with Gasteiger partial charge in [-0.25, -0.2) is 4.98 Å². The van der Waals surface area contributed by atoms with E-state index in [1.54, 1.807) is 12.4 Å². The van der Waals surface area contributed by atoms with E-state index in [0.29, 0.717) is 11.7 Å². The van der Waals surface area contributed by atoms with Gasteiger partial charge in [0.2, 0.25) is 0 Å². The van der Waals surface area contributed by atoms with Gasteiger partial charge in [-0.3, -0.25) is 4.98 Å².